The minimum Gasteiger partial charge on any atom is -0.456 e. The molecule has 59 heavy (non-hydrogen) atoms. The van der Waals surface area contributed by atoms with Crippen LogP contribution in [0.2, 0.25) is 0 Å². The molecule has 0 aliphatic rings. The highest BCUT2D eigenvalue weighted by Gasteiger charge is 2.25. The molecule has 0 unspecified atom stereocenters. The van der Waals surface area contributed by atoms with Crippen LogP contribution in [0.25, 0.3) is 127 Å². The lowest BCUT2D eigenvalue weighted by Crippen LogP contribution is -2.04. The number of fused-ring (bicyclic) bond motifs is 11. The molecular weight excluding hydrogens is 725 g/mol. The van der Waals surface area contributed by atoms with Gasteiger partial charge in [-0.2, -0.15) is 0 Å². The van der Waals surface area contributed by atoms with Crippen molar-refractivity contribution in [3.8, 4) is 39.9 Å². The Morgan fingerprint density at radius 2 is 0.983 bits per heavy atom. The van der Waals surface area contributed by atoms with Gasteiger partial charge in [0, 0.05) is 38.1 Å². The first-order chi connectivity index (χ1) is 29.2. The van der Waals surface area contributed by atoms with Crippen LogP contribution in [0.15, 0.2) is 191 Å². The lowest BCUT2D eigenvalue weighted by Gasteiger charge is -2.16. The van der Waals surface area contributed by atoms with Crippen molar-refractivity contribution in [2.45, 2.75) is 0 Å². The summed E-state index contributed by atoms with van der Waals surface area (Å²) >= 11 is 0. The predicted molar refractivity (Wildman–Crippen MR) is 240 cm³/mol. The van der Waals surface area contributed by atoms with E-state index in [4.69, 9.17) is 23.8 Å². The van der Waals surface area contributed by atoms with Gasteiger partial charge in [0.05, 0.1) is 27.7 Å². The molecule has 0 saturated heterocycles. The summed E-state index contributed by atoms with van der Waals surface area (Å²) in [6.45, 7) is 0. The van der Waals surface area contributed by atoms with Gasteiger partial charge >= 0.3 is 0 Å². The Morgan fingerprint density at radius 3 is 1.81 bits per heavy atom. The molecule has 9 aromatic carbocycles. The van der Waals surface area contributed by atoms with E-state index >= 15 is 0 Å². The van der Waals surface area contributed by atoms with E-state index in [0.717, 1.165) is 98.8 Å². The fourth-order valence-electron chi connectivity index (χ4n) is 9.10. The van der Waals surface area contributed by atoms with Crippen molar-refractivity contribution in [1.29, 1.82) is 0 Å². The Morgan fingerprint density at radius 1 is 0.356 bits per heavy atom. The van der Waals surface area contributed by atoms with Crippen molar-refractivity contribution < 1.29 is 8.83 Å². The molecule has 0 saturated carbocycles. The number of para-hydroxylation sites is 4. The van der Waals surface area contributed by atoms with Gasteiger partial charge in [0.2, 0.25) is 0 Å². The number of hydrogen-bond acceptors (Lipinski definition) is 5. The average molecular weight is 755 g/mol. The second-order valence-corrected chi connectivity index (χ2v) is 15.2. The van der Waals surface area contributed by atoms with E-state index in [-0.39, 0.29) is 0 Å². The van der Waals surface area contributed by atoms with Crippen molar-refractivity contribution in [3.63, 3.8) is 0 Å². The summed E-state index contributed by atoms with van der Waals surface area (Å²) in [6.07, 6.45) is 0. The fraction of sp³-hybridized carbons (Fsp3) is 0. The largest absolute Gasteiger partial charge is 0.456 e. The average Bonchev–Trinajstić information content (AvgIpc) is 3.97. The molecule has 0 radical (unpaired) electrons. The van der Waals surface area contributed by atoms with Crippen molar-refractivity contribution in [3.05, 3.63) is 182 Å². The Bertz CT molecular complexity index is 3870. The first-order valence-corrected chi connectivity index (χ1v) is 19.8. The first-order valence-electron chi connectivity index (χ1n) is 19.8. The highest BCUT2D eigenvalue weighted by Crippen LogP contribution is 2.44. The Balaban J connectivity index is 1.17. The lowest BCUT2D eigenvalue weighted by atomic mass is 10.0. The highest BCUT2D eigenvalue weighted by atomic mass is 16.3. The maximum atomic E-state index is 6.60. The number of aromatic nitrogens is 4. The van der Waals surface area contributed by atoms with E-state index in [0.29, 0.717) is 17.5 Å². The van der Waals surface area contributed by atoms with Crippen molar-refractivity contribution in [2.75, 3.05) is 0 Å². The third-order valence-electron chi connectivity index (χ3n) is 11.8. The van der Waals surface area contributed by atoms with Crippen molar-refractivity contribution in [2.24, 2.45) is 0 Å². The Kier molecular flexibility index (Phi) is 6.63. The molecule has 6 nitrogen and oxygen atoms in total. The first kappa shape index (κ1) is 32.0. The predicted octanol–water partition coefficient (Wildman–Crippen LogP) is 14.1. The maximum Gasteiger partial charge on any atom is 0.167 e. The second kappa shape index (κ2) is 12.2. The minimum atomic E-state index is 0.527. The molecule has 0 aliphatic heterocycles. The summed E-state index contributed by atoms with van der Waals surface area (Å²) in [4.78, 5) is 16.0. The molecule has 4 aromatic heterocycles. The summed E-state index contributed by atoms with van der Waals surface area (Å²) in [5.41, 5.74) is 8.80. The molecule has 274 valence electrons. The molecule has 0 spiro atoms. The van der Waals surface area contributed by atoms with E-state index in [9.17, 15) is 0 Å². The van der Waals surface area contributed by atoms with Crippen LogP contribution >= 0.6 is 0 Å². The molecule has 6 heteroatoms. The van der Waals surface area contributed by atoms with Crippen LogP contribution in [-0.4, -0.2) is 19.5 Å². The minimum absolute atomic E-state index is 0.527. The van der Waals surface area contributed by atoms with E-state index in [2.05, 4.69) is 150 Å². The molecule has 4 heterocycles. The molecule has 0 bridgehead atoms. The van der Waals surface area contributed by atoms with Gasteiger partial charge < -0.3 is 13.4 Å². The summed E-state index contributed by atoms with van der Waals surface area (Å²) in [6, 6.07) is 63.3. The van der Waals surface area contributed by atoms with Crippen LogP contribution in [0, 0.1) is 0 Å². The van der Waals surface area contributed by atoms with Gasteiger partial charge in [0.15, 0.2) is 17.5 Å². The number of hydrogen-bond donors (Lipinski definition) is 0. The van der Waals surface area contributed by atoms with Gasteiger partial charge in [-0.3, -0.25) is 0 Å². The third-order valence-corrected chi connectivity index (χ3v) is 11.8. The third kappa shape index (κ3) is 4.77. The molecule has 0 fully saturated rings. The second-order valence-electron chi connectivity index (χ2n) is 15.2. The highest BCUT2D eigenvalue weighted by molar-refractivity contribution is 6.18. The van der Waals surface area contributed by atoms with Gasteiger partial charge in [-0.15, -0.1) is 0 Å². The van der Waals surface area contributed by atoms with E-state index in [1.54, 1.807) is 0 Å². The van der Waals surface area contributed by atoms with Crippen molar-refractivity contribution >= 4 is 87.2 Å². The summed E-state index contributed by atoms with van der Waals surface area (Å²) in [5.74, 6) is 1.64. The van der Waals surface area contributed by atoms with E-state index in [1.807, 2.05) is 36.4 Å². The van der Waals surface area contributed by atoms with Gasteiger partial charge in [-0.25, -0.2) is 15.0 Å². The Hall–Kier alpha value is -8.09. The SMILES string of the molecule is c1ccc2cc(-c3nc(-c4ccc5oc6ccccc6c5c4-n4c5ccccc5c5cc6ccccc6cc54)nc(-c4cccc5c4oc4ccccc45)n3)ccc2c1. The fourth-order valence-corrected chi connectivity index (χ4v) is 9.10. The molecular formula is C53H30N4O2. The maximum absolute atomic E-state index is 6.60. The standard InChI is InChI=1S/C53H30N4O2/c1-2-13-32-28-35(25-24-31(32)12-1)51-54-52(56-53(55-51)41-20-11-19-38-37-17-6-9-22-45(37)59-50(38)41)40-26-27-47-48(39-18-7-10-23-46(39)58-47)49(40)57-43-21-8-5-16-36(43)42-29-33-14-3-4-15-34(33)30-44(42)57/h1-30H. The Labute approximate surface area is 336 Å². The number of rotatable bonds is 4. The molecule has 13 aromatic rings. The normalized spacial score (nSPS) is 12.1. The quantitative estimate of drug-likeness (QED) is 0.179. The van der Waals surface area contributed by atoms with Gasteiger partial charge in [-0.05, 0) is 76.1 Å². The smallest absolute Gasteiger partial charge is 0.167 e. The lowest BCUT2D eigenvalue weighted by molar-refractivity contribution is 0.669. The van der Waals surface area contributed by atoms with Gasteiger partial charge in [0.25, 0.3) is 0 Å². The van der Waals surface area contributed by atoms with Crippen molar-refractivity contribution in [1.82, 2.24) is 19.5 Å². The zero-order valence-corrected chi connectivity index (χ0v) is 31.4. The zero-order valence-electron chi connectivity index (χ0n) is 31.4. The van der Waals surface area contributed by atoms with Crippen LogP contribution in [-0.2, 0) is 0 Å². The van der Waals surface area contributed by atoms with Gasteiger partial charge in [-0.1, -0.05) is 127 Å². The number of nitrogens with zero attached hydrogens (tertiary/aromatic N) is 4. The van der Waals surface area contributed by atoms with E-state index in [1.165, 1.54) is 10.8 Å². The zero-order chi connectivity index (χ0) is 38.6. The molecule has 0 aliphatic carbocycles. The monoisotopic (exact) mass is 754 g/mol. The summed E-state index contributed by atoms with van der Waals surface area (Å²) in [5, 5.41) is 11.0. The van der Waals surface area contributed by atoms with Crippen LogP contribution < -0.4 is 0 Å². The van der Waals surface area contributed by atoms with Crippen LogP contribution in [0.5, 0.6) is 0 Å². The van der Waals surface area contributed by atoms with Crippen LogP contribution in [0.1, 0.15) is 0 Å². The number of benzene rings is 9. The topological polar surface area (TPSA) is 69.9 Å². The molecule has 13 rings (SSSR count). The molecule has 0 atom stereocenters. The molecule has 0 N–H and O–H groups in total. The molecule has 0 amide bonds. The number of furan rings is 2. The van der Waals surface area contributed by atoms with Crippen LogP contribution in [0.4, 0.5) is 0 Å². The van der Waals surface area contributed by atoms with E-state index < -0.39 is 0 Å². The van der Waals surface area contributed by atoms with Gasteiger partial charge in [0.1, 0.15) is 22.3 Å². The summed E-state index contributed by atoms with van der Waals surface area (Å²) < 4.78 is 15.6. The van der Waals surface area contributed by atoms with Crippen LogP contribution in [0.3, 0.4) is 0 Å². The summed E-state index contributed by atoms with van der Waals surface area (Å²) in [7, 11) is 0.